The van der Waals surface area contributed by atoms with Gasteiger partial charge < -0.3 is 5.32 Å². The van der Waals surface area contributed by atoms with Gasteiger partial charge in [-0.3, -0.25) is 0 Å². The van der Waals surface area contributed by atoms with Crippen molar-refractivity contribution < 1.29 is 0 Å². The number of benzene rings is 1. The van der Waals surface area contributed by atoms with Gasteiger partial charge in [-0.2, -0.15) is 0 Å². The van der Waals surface area contributed by atoms with Gasteiger partial charge in [-0.25, -0.2) is 0 Å². The Balaban J connectivity index is 1.96. The van der Waals surface area contributed by atoms with Crippen LogP contribution in [0.4, 0.5) is 0 Å². The van der Waals surface area contributed by atoms with E-state index >= 15 is 0 Å². The maximum Gasteiger partial charge on any atom is 0.0213 e. The van der Waals surface area contributed by atoms with E-state index in [1.54, 1.807) is 5.56 Å². The van der Waals surface area contributed by atoms with Gasteiger partial charge in [-0.15, -0.1) is 0 Å². The molecule has 1 aromatic carbocycles. The highest BCUT2D eigenvalue weighted by molar-refractivity contribution is 5.35. The second kappa shape index (κ2) is 4.38. The van der Waals surface area contributed by atoms with Crippen LogP contribution in [0.1, 0.15) is 63.5 Å². The number of hydrogen-bond donors (Lipinski definition) is 1. The maximum absolute atomic E-state index is 3.91. The summed E-state index contributed by atoms with van der Waals surface area (Å²) in [5.74, 6) is 0. The fourth-order valence-corrected chi connectivity index (χ4v) is 4.20. The molecule has 1 aromatic rings. The molecule has 0 aromatic heterocycles. The molecule has 1 saturated carbocycles. The molecule has 0 unspecified atom stereocenters. The normalized spacial score (nSPS) is 25.4. The molecule has 0 saturated heterocycles. The quantitative estimate of drug-likeness (QED) is 0.721. The lowest BCUT2D eigenvalue weighted by Crippen LogP contribution is -2.48. The highest BCUT2D eigenvalue weighted by Gasteiger charge is 2.40. The third-order valence-electron chi connectivity index (χ3n) is 4.99. The number of hydrogen-bond acceptors (Lipinski definition) is 1. The summed E-state index contributed by atoms with van der Waals surface area (Å²) >= 11 is 0. The minimum Gasteiger partial charge on any atom is -0.307 e. The molecule has 2 aliphatic rings. The largest absolute Gasteiger partial charge is 0.307 e. The van der Waals surface area contributed by atoms with E-state index in [0.29, 0.717) is 11.0 Å². The fourth-order valence-electron chi connectivity index (χ4n) is 4.20. The molecule has 1 heteroatoms. The standard InChI is InChI=1S/C17H25N/c1-16(2)13-17(10-6-3-7-11-17)18-12-14-8-4-5-9-15(14)16/h4-5,8-9,18H,3,6-7,10-13H2,1-2H3. The van der Waals surface area contributed by atoms with E-state index in [0.717, 1.165) is 6.54 Å². The Morgan fingerprint density at radius 1 is 1.00 bits per heavy atom. The van der Waals surface area contributed by atoms with Crippen molar-refractivity contribution in [2.24, 2.45) is 0 Å². The van der Waals surface area contributed by atoms with E-state index < -0.39 is 0 Å². The predicted molar refractivity (Wildman–Crippen MR) is 76.7 cm³/mol. The van der Waals surface area contributed by atoms with E-state index in [4.69, 9.17) is 0 Å². The van der Waals surface area contributed by atoms with Crippen LogP contribution in [0.5, 0.6) is 0 Å². The SMILES string of the molecule is CC1(C)CC2(CCCCC2)NCc2ccccc21. The van der Waals surface area contributed by atoms with Crippen LogP contribution in [0.15, 0.2) is 24.3 Å². The van der Waals surface area contributed by atoms with Crippen molar-refractivity contribution in [3.05, 3.63) is 35.4 Å². The van der Waals surface area contributed by atoms with Crippen molar-refractivity contribution in [1.29, 1.82) is 0 Å². The van der Waals surface area contributed by atoms with Crippen LogP contribution in [0.2, 0.25) is 0 Å². The summed E-state index contributed by atoms with van der Waals surface area (Å²) in [4.78, 5) is 0. The molecule has 0 bridgehead atoms. The molecule has 1 aliphatic heterocycles. The van der Waals surface area contributed by atoms with Gasteiger partial charge >= 0.3 is 0 Å². The van der Waals surface area contributed by atoms with Gasteiger partial charge in [0.2, 0.25) is 0 Å². The molecule has 1 heterocycles. The average molecular weight is 243 g/mol. The maximum atomic E-state index is 3.91. The summed E-state index contributed by atoms with van der Waals surface area (Å²) in [5, 5.41) is 3.91. The van der Waals surface area contributed by atoms with Gasteiger partial charge in [0.1, 0.15) is 0 Å². The first-order valence-electron chi connectivity index (χ1n) is 7.45. The molecule has 0 amide bonds. The third-order valence-corrected chi connectivity index (χ3v) is 4.99. The molecule has 0 atom stereocenters. The van der Waals surface area contributed by atoms with Crippen molar-refractivity contribution in [2.45, 2.75) is 69.9 Å². The molecule has 1 fully saturated rings. The molecule has 18 heavy (non-hydrogen) atoms. The summed E-state index contributed by atoms with van der Waals surface area (Å²) in [6.45, 7) is 5.91. The van der Waals surface area contributed by atoms with Crippen molar-refractivity contribution >= 4 is 0 Å². The van der Waals surface area contributed by atoms with Crippen LogP contribution in [0, 0.1) is 0 Å². The smallest absolute Gasteiger partial charge is 0.0213 e. The van der Waals surface area contributed by atoms with Gasteiger partial charge in [0.05, 0.1) is 0 Å². The lowest BCUT2D eigenvalue weighted by molar-refractivity contribution is 0.186. The highest BCUT2D eigenvalue weighted by atomic mass is 15.0. The monoisotopic (exact) mass is 243 g/mol. The van der Waals surface area contributed by atoms with Crippen LogP contribution in [0.25, 0.3) is 0 Å². The average Bonchev–Trinajstić information content (AvgIpc) is 2.47. The van der Waals surface area contributed by atoms with Gasteiger partial charge in [0.25, 0.3) is 0 Å². The van der Waals surface area contributed by atoms with Crippen molar-refractivity contribution in [1.82, 2.24) is 5.32 Å². The number of rotatable bonds is 0. The molecule has 1 nitrogen and oxygen atoms in total. The summed E-state index contributed by atoms with van der Waals surface area (Å²) < 4.78 is 0. The Hall–Kier alpha value is -0.820. The van der Waals surface area contributed by atoms with E-state index in [-0.39, 0.29) is 0 Å². The molecule has 0 radical (unpaired) electrons. The zero-order valence-corrected chi connectivity index (χ0v) is 11.8. The number of nitrogens with one attached hydrogen (secondary N) is 1. The van der Waals surface area contributed by atoms with Gasteiger partial charge in [0, 0.05) is 12.1 Å². The fraction of sp³-hybridized carbons (Fsp3) is 0.647. The Morgan fingerprint density at radius 2 is 1.72 bits per heavy atom. The zero-order valence-electron chi connectivity index (χ0n) is 11.8. The predicted octanol–water partition coefficient (Wildman–Crippen LogP) is 4.16. The van der Waals surface area contributed by atoms with Gasteiger partial charge in [0.15, 0.2) is 0 Å². The molecule has 1 aliphatic carbocycles. The Kier molecular flexibility index (Phi) is 2.97. The van der Waals surface area contributed by atoms with Crippen molar-refractivity contribution in [3.63, 3.8) is 0 Å². The Morgan fingerprint density at radius 3 is 2.50 bits per heavy atom. The second-order valence-corrected chi connectivity index (χ2v) is 6.91. The first-order valence-corrected chi connectivity index (χ1v) is 7.45. The molecule has 3 rings (SSSR count). The number of fused-ring (bicyclic) bond motifs is 1. The van der Waals surface area contributed by atoms with Gasteiger partial charge in [-0.1, -0.05) is 57.4 Å². The van der Waals surface area contributed by atoms with Crippen LogP contribution in [0.3, 0.4) is 0 Å². The molecule has 98 valence electrons. The Bertz CT molecular complexity index is 427. The minimum absolute atomic E-state index is 0.303. The molecule has 1 spiro atoms. The van der Waals surface area contributed by atoms with E-state index in [1.165, 1.54) is 44.1 Å². The van der Waals surface area contributed by atoms with Crippen LogP contribution < -0.4 is 5.32 Å². The van der Waals surface area contributed by atoms with Crippen LogP contribution >= 0.6 is 0 Å². The van der Waals surface area contributed by atoms with Crippen molar-refractivity contribution in [2.75, 3.05) is 0 Å². The molecule has 1 N–H and O–H groups in total. The summed E-state index contributed by atoms with van der Waals surface area (Å²) in [5.41, 5.74) is 3.77. The third kappa shape index (κ3) is 2.09. The first-order chi connectivity index (χ1) is 8.61. The van der Waals surface area contributed by atoms with Gasteiger partial charge in [-0.05, 0) is 35.8 Å². The molecular weight excluding hydrogens is 218 g/mol. The second-order valence-electron chi connectivity index (χ2n) is 6.91. The summed E-state index contributed by atoms with van der Waals surface area (Å²) in [6.07, 6.45) is 8.25. The highest BCUT2D eigenvalue weighted by Crippen LogP contribution is 2.43. The lowest BCUT2D eigenvalue weighted by atomic mass is 9.69. The zero-order chi connectivity index (χ0) is 12.6. The van der Waals surface area contributed by atoms with Crippen molar-refractivity contribution in [3.8, 4) is 0 Å². The lowest BCUT2D eigenvalue weighted by Gasteiger charge is -2.41. The van der Waals surface area contributed by atoms with Crippen LogP contribution in [-0.4, -0.2) is 5.54 Å². The minimum atomic E-state index is 0.303. The first kappa shape index (κ1) is 12.2. The van der Waals surface area contributed by atoms with Crippen LogP contribution in [-0.2, 0) is 12.0 Å². The van der Waals surface area contributed by atoms with E-state index in [9.17, 15) is 0 Å². The topological polar surface area (TPSA) is 12.0 Å². The van der Waals surface area contributed by atoms with E-state index in [1.807, 2.05) is 0 Å². The summed E-state index contributed by atoms with van der Waals surface area (Å²) in [6, 6.07) is 9.00. The molecular formula is C17H25N. The van der Waals surface area contributed by atoms with E-state index in [2.05, 4.69) is 43.4 Å². The Labute approximate surface area is 111 Å². The summed E-state index contributed by atoms with van der Waals surface area (Å²) in [7, 11) is 0.